The van der Waals surface area contributed by atoms with Gasteiger partial charge in [-0.15, -0.1) is 6.58 Å². The zero-order chi connectivity index (χ0) is 12.4. The summed E-state index contributed by atoms with van der Waals surface area (Å²) in [4.78, 5) is 10.6. The van der Waals surface area contributed by atoms with Crippen molar-refractivity contribution in [2.24, 2.45) is 5.92 Å². The molecule has 0 radical (unpaired) electrons. The molecular formula is C14H28O2. The Balaban J connectivity index is 0.00000106. The van der Waals surface area contributed by atoms with Crippen LogP contribution in [0.3, 0.4) is 0 Å². The van der Waals surface area contributed by atoms with Gasteiger partial charge in [0.25, 0.3) is 0 Å². The monoisotopic (exact) mass is 228 g/mol. The van der Waals surface area contributed by atoms with Crippen LogP contribution in [0.25, 0.3) is 0 Å². The minimum Gasteiger partial charge on any atom is -0.233 e. The fraction of sp³-hybridized carbons (Fsp3) is 0.857. The molecule has 3 atom stereocenters. The summed E-state index contributed by atoms with van der Waals surface area (Å²) >= 11 is 0. The van der Waals surface area contributed by atoms with E-state index in [2.05, 4.69) is 20.4 Å². The molecule has 3 unspecified atom stereocenters. The van der Waals surface area contributed by atoms with E-state index in [1.165, 1.54) is 19.3 Å². The summed E-state index contributed by atoms with van der Waals surface area (Å²) in [5.41, 5.74) is 0. The highest BCUT2D eigenvalue weighted by Crippen LogP contribution is 2.27. The molecule has 0 amide bonds. The normalized spacial score (nSPS) is 25.8. The van der Waals surface area contributed by atoms with Crippen LogP contribution in [0, 0.1) is 5.92 Å². The van der Waals surface area contributed by atoms with Crippen molar-refractivity contribution in [3.8, 4) is 0 Å². The third-order valence-electron chi connectivity index (χ3n) is 2.89. The smallest absolute Gasteiger partial charge is 0.0990 e. The van der Waals surface area contributed by atoms with Gasteiger partial charge in [-0.05, 0) is 18.8 Å². The van der Waals surface area contributed by atoms with Crippen LogP contribution in [0.2, 0.25) is 0 Å². The topological polar surface area (TPSA) is 18.5 Å². The molecule has 0 saturated carbocycles. The first-order chi connectivity index (χ1) is 7.77. The first-order valence-corrected chi connectivity index (χ1v) is 6.71. The van der Waals surface area contributed by atoms with Crippen molar-refractivity contribution in [1.82, 2.24) is 0 Å². The molecule has 1 saturated heterocycles. The van der Waals surface area contributed by atoms with Crippen LogP contribution < -0.4 is 0 Å². The predicted octanol–water partition coefficient (Wildman–Crippen LogP) is 4.50. The summed E-state index contributed by atoms with van der Waals surface area (Å²) in [6.45, 7) is 12.2. The van der Waals surface area contributed by atoms with E-state index in [1.54, 1.807) is 0 Å². The Morgan fingerprint density at radius 1 is 1.38 bits per heavy atom. The fourth-order valence-corrected chi connectivity index (χ4v) is 1.85. The largest absolute Gasteiger partial charge is 0.233 e. The van der Waals surface area contributed by atoms with Crippen molar-refractivity contribution in [2.45, 2.75) is 72.0 Å². The van der Waals surface area contributed by atoms with E-state index in [0.717, 1.165) is 12.8 Å². The number of rotatable bonds is 6. The second-order valence-corrected chi connectivity index (χ2v) is 4.23. The summed E-state index contributed by atoms with van der Waals surface area (Å²) < 4.78 is 0. The summed E-state index contributed by atoms with van der Waals surface area (Å²) in [5, 5.41) is 0. The first-order valence-electron chi connectivity index (χ1n) is 6.71. The van der Waals surface area contributed by atoms with Crippen molar-refractivity contribution in [1.29, 1.82) is 0 Å². The summed E-state index contributed by atoms with van der Waals surface area (Å²) in [6.07, 6.45) is 8.14. The molecule has 0 bridgehead atoms. The predicted molar refractivity (Wildman–Crippen MR) is 69.2 cm³/mol. The van der Waals surface area contributed by atoms with Crippen molar-refractivity contribution >= 4 is 0 Å². The number of hydrogen-bond donors (Lipinski definition) is 0. The maximum atomic E-state index is 5.33. The van der Waals surface area contributed by atoms with E-state index < -0.39 is 0 Å². The fourth-order valence-electron chi connectivity index (χ4n) is 1.85. The molecule has 96 valence electrons. The van der Waals surface area contributed by atoms with E-state index in [4.69, 9.17) is 9.78 Å². The highest BCUT2D eigenvalue weighted by atomic mass is 17.2. The highest BCUT2D eigenvalue weighted by molar-refractivity contribution is 4.80. The molecule has 1 aliphatic heterocycles. The zero-order valence-corrected chi connectivity index (χ0v) is 11.4. The third kappa shape index (κ3) is 5.66. The molecule has 1 heterocycles. The zero-order valence-electron chi connectivity index (χ0n) is 11.4. The maximum Gasteiger partial charge on any atom is 0.0990 e. The Kier molecular flexibility index (Phi) is 9.65. The van der Waals surface area contributed by atoms with Gasteiger partial charge in [0.15, 0.2) is 0 Å². The third-order valence-corrected chi connectivity index (χ3v) is 2.89. The van der Waals surface area contributed by atoms with Gasteiger partial charge in [-0.25, -0.2) is 9.78 Å². The van der Waals surface area contributed by atoms with Gasteiger partial charge >= 0.3 is 0 Å². The van der Waals surface area contributed by atoms with Gasteiger partial charge in [0.2, 0.25) is 0 Å². The SMILES string of the molecule is C=CCC1CC(C(C)CCCC)OO1.CC. The second kappa shape index (κ2) is 9.86. The van der Waals surface area contributed by atoms with Crippen molar-refractivity contribution in [3.05, 3.63) is 12.7 Å². The molecule has 0 aromatic carbocycles. The van der Waals surface area contributed by atoms with E-state index in [9.17, 15) is 0 Å². The van der Waals surface area contributed by atoms with Gasteiger partial charge in [-0.3, -0.25) is 0 Å². The molecule has 0 aliphatic carbocycles. The van der Waals surface area contributed by atoms with Crippen molar-refractivity contribution in [2.75, 3.05) is 0 Å². The van der Waals surface area contributed by atoms with Gasteiger partial charge in [0, 0.05) is 6.42 Å². The van der Waals surface area contributed by atoms with Crippen LogP contribution in [0.4, 0.5) is 0 Å². The molecule has 16 heavy (non-hydrogen) atoms. The van der Waals surface area contributed by atoms with Gasteiger partial charge in [-0.1, -0.05) is 46.6 Å². The molecule has 0 N–H and O–H groups in total. The van der Waals surface area contributed by atoms with Crippen LogP contribution in [0.1, 0.15) is 59.8 Å². The standard InChI is InChI=1S/C12H22O2.C2H6/c1-4-6-8-10(3)12-9-11(7-5-2)13-14-12;1-2/h5,10-12H,2,4,6-9H2,1,3H3;1-2H3. The Morgan fingerprint density at radius 2 is 2.06 bits per heavy atom. The Morgan fingerprint density at radius 3 is 2.62 bits per heavy atom. The lowest BCUT2D eigenvalue weighted by Gasteiger charge is -2.15. The van der Waals surface area contributed by atoms with E-state index in [-0.39, 0.29) is 6.10 Å². The Hall–Kier alpha value is -0.340. The molecule has 0 spiro atoms. The van der Waals surface area contributed by atoms with Gasteiger partial charge in [-0.2, -0.15) is 0 Å². The summed E-state index contributed by atoms with van der Waals surface area (Å²) in [6, 6.07) is 0. The average Bonchev–Trinajstić information content (AvgIpc) is 2.78. The molecule has 2 nitrogen and oxygen atoms in total. The van der Waals surface area contributed by atoms with Crippen LogP contribution in [0.5, 0.6) is 0 Å². The van der Waals surface area contributed by atoms with Crippen LogP contribution >= 0.6 is 0 Å². The van der Waals surface area contributed by atoms with Crippen molar-refractivity contribution in [3.63, 3.8) is 0 Å². The lowest BCUT2D eigenvalue weighted by Crippen LogP contribution is -2.17. The quantitative estimate of drug-likeness (QED) is 0.492. The van der Waals surface area contributed by atoms with Crippen LogP contribution in [-0.2, 0) is 9.78 Å². The molecular weight excluding hydrogens is 200 g/mol. The first kappa shape index (κ1) is 15.7. The minimum absolute atomic E-state index is 0.238. The average molecular weight is 228 g/mol. The van der Waals surface area contributed by atoms with Gasteiger partial charge < -0.3 is 0 Å². The van der Waals surface area contributed by atoms with Crippen molar-refractivity contribution < 1.29 is 9.78 Å². The molecule has 1 rings (SSSR count). The lowest BCUT2D eigenvalue weighted by molar-refractivity contribution is -0.302. The molecule has 0 aromatic rings. The van der Waals surface area contributed by atoms with E-state index in [0.29, 0.717) is 12.0 Å². The van der Waals surface area contributed by atoms with Crippen LogP contribution in [-0.4, -0.2) is 12.2 Å². The Bertz CT molecular complexity index is 168. The van der Waals surface area contributed by atoms with Gasteiger partial charge in [0.05, 0.1) is 12.2 Å². The molecule has 2 heteroatoms. The number of hydrogen-bond acceptors (Lipinski definition) is 2. The maximum absolute atomic E-state index is 5.33. The minimum atomic E-state index is 0.238. The number of unbranched alkanes of at least 4 members (excludes halogenated alkanes) is 1. The lowest BCUT2D eigenvalue weighted by atomic mass is 9.94. The highest BCUT2D eigenvalue weighted by Gasteiger charge is 2.30. The molecule has 1 aliphatic rings. The molecule has 0 aromatic heterocycles. The summed E-state index contributed by atoms with van der Waals surface area (Å²) in [7, 11) is 0. The molecule has 1 fully saturated rings. The second-order valence-electron chi connectivity index (χ2n) is 4.23. The van der Waals surface area contributed by atoms with E-state index >= 15 is 0 Å². The van der Waals surface area contributed by atoms with E-state index in [1.807, 2.05) is 19.9 Å². The summed E-state index contributed by atoms with van der Waals surface area (Å²) in [5.74, 6) is 0.616. The van der Waals surface area contributed by atoms with Gasteiger partial charge in [0.1, 0.15) is 0 Å². The Labute approximate surface area is 101 Å². The van der Waals surface area contributed by atoms with Crippen LogP contribution in [0.15, 0.2) is 12.7 Å².